The molecule has 0 bridgehead atoms. The van der Waals surface area contributed by atoms with Gasteiger partial charge in [0, 0.05) is 30.2 Å². The summed E-state index contributed by atoms with van der Waals surface area (Å²) in [5.74, 6) is -0.0990. The number of halogens is 1. The molecule has 0 fully saturated rings. The number of carbonyl (C=O) groups excluding carboxylic acids is 1. The monoisotopic (exact) mass is 348 g/mol. The van der Waals surface area contributed by atoms with Gasteiger partial charge in [0.05, 0.1) is 5.75 Å². The average molecular weight is 349 g/mol. The minimum atomic E-state index is -3.23. The number of benzene rings is 1. The van der Waals surface area contributed by atoms with Crippen molar-refractivity contribution in [3.8, 4) is 0 Å². The molecule has 1 amide bonds. The second-order valence-electron chi connectivity index (χ2n) is 3.95. The Kier molecular flexibility index (Phi) is 5.96. The summed E-state index contributed by atoms with van der Waals surface area (Å²) in [6.45, 7) is 3.52. The maximum absolute atomic E-state index is 11.6. The molecule has 0 aliphatic rings. The highest BCUT2D eigenvalue weighted by Gasteiger charge is 2.13. The summed E-state index contributed by atoms with van der Waals surface area (Å²) in [5, 5.41) is 0. The van der Waals surface area contributed by atoms with Crippen LogP contribution in [0.4, 0.5) is 5.69 Å². The third-order valence-electron chi connectivity index (χ3n) is 2.54. The van der Waals surface area contributed by atoms with Crippen LogP contribution in [-0.4, -0.2) is 33.2 Å². The molecule has 0 saturated carbocycles. The molecule has 19 heavy (non-hydrogen) atoms. The SMILES string of the molecule is CCS(=O)(=O)NCCN(C(C)=O)c1cccc(Br)c1. The highest BCUT2D eigenvalue weighted by molar-refractivity contribution is 9.10. The van der Waals surface area contributed by atoms with Crippen molar-refractivity contribution < 1.29 is 13.2 Å². The molecule has 1 aromatic carbocycles. The minimum absolute atomic E-state index is 0.0317. The van der Waals surface area contributed by atoms with Crippen LogP contribution in [0.15, 0.2) is 28.7 Å². The third kappa shape index (κ3) is 5.30. The van der Waals surface area contributed by atoms with Crippen LogP contribution in [0.2, 0.25) is 0 Å². The van der Waals surface area contributed by atoms with Gasteiger partial charge >= 0.3 is 0 Å². The maximum atomic E-state index is 11.6. The molecule has 0 aliphatic carbocycles. The van der Waals surface area contributed by atoms with Crippen LogP contribution in [0.25, 0.3) is 0 Å². The van der Waals surface area contributed by atoms with Crippen molar-refractivity contribution in [1.29, 1.82) is 0 Å². The first-order valence-corrected chi connectivity index (χ1v) is 8.31. The lowest BCUT2D eigenvalue weighted by Crippen LogP contribution is -2.38. The van der Waals surface area contributed by atoms with E-state index >= 15 is 0 Å². The van der Waals surface area contributed by atoms with Crippen LogP contribution in [0.5, 0.6) is 0 Å². The van der Waals surface area contributed by atoms with Crippen molar-refractivity contribution in [3.63, 3.8) is 0 Å². The fourth-order valence-corrected chi connectivity index (χ4v) is 2.52. The van der Waals surface area contributed by atoms with E-state index in [1.54, 1.807) is 13.0 Å². The lowest BCUT2D eigenvalue weighted by molar-refractivity contribution is -0.116. The van der Waals surface area contributed by atoms with Crippen molar-refractivity contribution in [2.45, 2.75) is 13.8 Å². The molecule has 7 heteroatoms. The average Bonchev–Trinajstić information content (AvgIpc) is 2.34. The number of hydrogen-bond acceptors (Lipinski definition) is 3. The van der Waals surface area contributed by atoms with Gasteiger partial charge in [-0.2, -0.15) is 0 Å². The summed E-state index contributed by atoms with van der Waals surface area (Å²) in [6.07, 6.45) is 0. The van der Waals surface area contributed by atoms with Crippen LogP contribution in [0.1, 0.15) is 13.8 Å². The van der Waals surface area contributed by atoms with Gasteiger partial charge in [-0.25, -0.2) is 13.1 Å². The maximum Gasteiger partial charge on any atom is 0.223 e. The molecule has 0 spiro atoms. The zero-order chi connectivity index (χ0) is 14.5. The molecule has 106 valence electrons. The summed E-state index contributed by atoms with van der Waals surface area (Å²) in [4.78, 5) is 13.1. The van der Waals surface area contributed by atoms with Gasteiger partial charge in [0.1, 0.15) is 0 Å². The fourth-order valence-electron chi connectivity index (χ4n) is 1.53. The number of nitrogens with zero attached hydrogens (tertiary/aromatic N) is 1. The van der Waals surface area contributed by atoms with E-state index in [1.165, 1.54) is 11.8 Å². The highest BCUT2D eigenvalue weighted by Crippen LogP contribution is 2.19. The van der Waals surface area contributed by atoms with Gasteiger partial charge in [-0.05, 0) is 25.1 Å². The molecule has 0 radical (unpaired) electrons. The molecule has 0 heterocycles. The lowest BCUT2D eigenvalue weighted by atomic mass is 10.3. The Morgan fingerprint density at radius 3 is 2.63 bits per heavy atom. The van der Waals surface area contributed by atoms with E-state index in [0.717, 1.165) is 10.2 Å². The quantitative estimate of drug-likeness (QED) is 0.851. The predicted molar refractivity (Wildman–Crippen MR) is 79.6 cm³/mol. The molecule has 0 atom stereocenters. The Morgan fingerprint density at radius 1 is 1.42 bits per heavy atom. The van der Waals surface area contributed by atoms with Crippen molar-refractivity contribution in [3.05, 3.63) is 28.7 Å². The fraction of sp³-hybridized carbons (Fsp3) is 0.417. The van der Waals surface area contributed by atoms with Crippen LogP contribution >= 0.6 is 15.9 Å². The van der Waals surface area contributed by atoms with E-state index in [9.17, 15) is 13.2 Å². The minimum Gasteiger partial charge on any atom is -0.311 e. The Morgan fingerprint density at radius 2 is 2.11 bits per heavy atom. The molecular formula is C12H17BrN2O3S. The number of hydrogen-bond donors (Lipinski definition) is 1. The summed E-state index contributed by atoms with van der Waals surface area (Å²) >= 11 is 3.34. The van der Waals surface area contributed by atoms with E-state index < -0.39 is 10.0 Å². The first kappa shape index (κ1) is 16.1. The number of rotatable bonds is 6. The number of amides is 1. The second kappa shape index (κ2) is 7.02. The van der Waals surface area contributed by atoms with Gasteiger partial charge in [-0.3, -0.25) is 4.79 Å². The summed E-state index contributed by atoms with van der Waals surface area (Å²) in [5.41, 5.74) is 0.734. The van der Waals surface area contributed by atoms with E-state index in [-0.39, 0.29) is 18.2 Å². The van der Waals surface area contributed by atoms with Crippen molar-refractivity contribution in [2.24, 2.45) is 0 Å². The van der Waals surface area contributed by atoms with Gasteiger partial charge in [-0.1, -0.05) is 22.0 Å². The smallest absolute Gasteiger partial charge is 0.223 e. The van der Waals surface area contributed by atoms with E-state index in [4.69, 9.17) is 0 Å². The zero-order valence-electron chi connectivity index (χ0n) is 10.9. The molecule has 0 unspecified atom stereocenters. The first-order chi connectivity index (χ1) is 8.85. The van der Waals surface area contributed by atoms with E-state index in [0.29, 0.717) is 6.54 Å². The Bertz CT molecular complexity index is 546. The molecule has 5 nitrogen and oxygen atoms in total. The standard InChI is InChI=1S/C12H17BrN2O3S/c1-3-19(17,18)14-7-8-15(10(2)16)12-6-4-5-11(13)9-12/h4-6,9,14H,3,7-8H2,1-2H3. The number of sulfonamides is 1. The van der Waals surface area contributed by atoms with Gasteiger partial charge in [0.25, 0.3) is 0 Å². The predicted octanol–water partition coefficient (Wildman–Crippen LogP) is 1.74. The van der Waals surface area contributed by atoms with E-state index in [2.05, 4.69) is 20.7 Å². The first-order valence-electron chi connectivity index (χ1n) is 5.86. The summed E-state index contributed by atoms with van der Waals surface area (Å²) in [7, 11) is -3.23. The van der Waals surface area contributed by atoms with E-state index in [1.807, 2.05) is 18.2 Å². The third-order valence-corrected chi connectivity index (χ3v) is 4.43. The number of nitrogens with one attached hydrogen (secondary N) is 1. The summed E-state index contributed by atoms with van der Waals surface area (Å²) in [6, 6.07) is 7.31. The topological polar surface area (TPSA) is 66.5 Å². The molecule has 0 aliphatic heterocycles. The van der Waals surface area contributed by atoms with Gasteiger partial charge in [-0.15, -0.1) is 0 Å². The van der Waals surface area contributed by atoms with Crippen molar-refractivity contribution in [1.82, 2.24) is 4.72 Å². The number of carbonyl (C=O) groups is 1. The molecule has 1 N–H and O–H groups in total. The largest absolute Gasteiger partial charge is 0.311 e. The van der Waals surface area contributed by atoms with Gasteiger partial charge in [0.15, 0.2) is 0 Å². The molecule has 1 aromatic rings. The van der Waals surface area contributed by atoms with Crippen molar-refractivity contribution in [2.75, 3.05) is 23.7 Å². The Balaban J connectivity index is 2.72. The second-order valence-corrected chi connectivity index (χ2v) is 6.96. The Hall–Kier alpha value is -0.920. The van der Waals surface area contributed by atoms with Gasteiger partial charge < -0.3 is 4.90 Å². The van der Waals surface area contributed by atoms with Crippen LogP contribution in [-0.2, 0) is 14.8 Å². The van der Waals surface area contributed by atoms with Crippen LogP contribution in [0, 0.1) is 0 Å². The summed E-state index contributed by atoms with van der Waals surface area (Å²) < 4.78 is 25.9. The van der Waals surface area contributed by atoms with Crippen LogP contribution < -0.4 is 9.62 Å². The van der Waals surface area contributed by atoms with Crippen molar-refractivity contribution >= 4 is 37.5 Å². The molecule has 1 rings (SSSR count). The highest BCUT2D eigenvalue weighted by atomic mass is 79.9. The lowest BCUT2D eigenvalue weighted by Gasteiger charge is -2.21. The normalized spacial score (nSPS) is 11.3. The molecule has 0 saturated heterocycles. The van der Waals surface area contributed by atoms with Gasteiger partial charge in [0.2, 0.25) is 15.9 Å². The van der Waals surface area contributed by atoms with Crippen LogP contribution in [0.3, 0.4) is 0 Å². The molecule has 0 aromatic heterocycles. The number of anilines is 1. The Labute approximate surface area is 122 Å². The molecular weight excluding hydrogens is 332 g/mol. The zero-order valence-corrected chi connectivity index (χ0v) is 13.3.